The molecule has 4 aromatic rings. The molecule has 0 saturated carbocycles. The Morgan fingerprint density at radius 2 is 0.976 bits per heavy atom. The van der Waals surface area contributed by atoms with Gasteiger partial charge in [0, 0.05) is 31.5 Å². The van der Waals surface area contributed by atoms with Crippen LogP contribution in [0.1, 0.15) is 99.4 Å². The zero-order chi connectivity index (χ0) is 29.0. The smallest absolute Gasteiger partial charge is 0.0929 e. The molecule has 5 heteroatoms. The molecule has 0 spiro atoms. The van der Waals surface area contributed by atoms with Gasteiger partial charge in [0.2, 0.25) is 0 Å². The van der Waals surface area contributed by atoms with E-state index in [0.717, 1.165) is 59.5 Å². The van der Waals surface area contributed by atoms with Gasteiger partial charge >= 0.3 is 0 Å². The zero-order valence-electron chi connectivity index (χ0n) is 25.6. The zero-order valence-corrected chi connectivity index (χ0v) is 26.4. The summed E-state index contributed by atoms with van der Waals surface area (Å²) in [5, 5.41) is 0. The average molecular weight is 561 g/mol. The number of allylic oxidation sites excluding steroid dienone is 4. The summed E-state index contributed by atoms with van der Waals surface area (Å²) in [4.78, 5) is 18.1. The molecule has 0 aromatic carbocycles. The minimum Gasteiger partial charge on any atom is -0.355 e. The van der Waals surface area contributed by atoms with Gasteiger partial charge in [0.1, 0.15) is 0 Å². The molecule has 41 heavy (non-hydrogen) atoms. The number of aryl methyl sites for hydroxylation is 4. The highest BCUT2D eigenvalue weighted by Crippen LogP contribution is 2.40. The molecule has 0 aliphatic carbocycles. The first kappa shape index (κ1) is 27.5. The Labute approximate surface area is 247 Å². The molecule has 0 fully saturated rings. The first-order valence-corrected chi connectivity index (χ1v) is 15.8. The van der Waals surface area contributed by atoms with E-state index in [9.17, 15) is 0 Å². The SMILES string of the molecule is CCC1=C(C)c2nc1cc1[nH]c(cc3ccc(cc4[nH]c(cc5nc2C(C)=C5CC)c(CC)c4C)s3)c(C)c1CC. The number of aromatic amines is 2. The molecule has 2 aliphatic heterocycles. The van der Waals surface area contributed by atoms with Gasteiger partial charge in [0.15, 0.2) is 0 Å². The minimum absolute atomic E-state index is 0.934. The molecule has 4 nitrogen and oxygen atoms in total. The average Bonchev–Trinajstić information content (AvgIpc) is 3.73. The summed E-state index contributed by atoms with van der Waals surface area (Å²) >= 11 is 1.82. The molecule has 0 saturated heterocycles. The van der Waals surface area contributed by atoms with Crippen LogP contribution in [0.25, 0.3) is 53.8 Å². The number of nitrogens with zero attached hydrogens (tertiary/aromatic N) is 2. The number of hydrogen-bond donors (Lipinski definition) is 2. The predicted octanol–water partition coefficient (Wildman–Crippen LogP) is 10.5. The molecule has 6 rings (SSSR count). The number of fused-ring (bicyclic) bond motifs is 11. The van der Waals surface area contributed by atoms with Gasteiger partial charge in [0.05, 0.1) is 22.8 Å². The van der Waals surface area contributed by atoms with E-state index in [1.165, 1.54) is 65.0 Å². The Morgan fingerprint density at radius 1 is 0.561 bits per heavy atom. The van der Waals surface area contributed by atoms with E-state index >= 15 is 0 Å². The van der Waals surface area contributed by atoms with Crippen LogP contribution in [0, 0.1) is 13.8 Å². The van der Waals surface area contributed by atoms with Gasteiger partial charge in [-0.2, -0.15) is 0 Å². The van der Waals surface area contributed by atoms with Gasteiger partial charge in [-0.05, 0) is 134 Å². The Kier molecular flexibility index (Phi) is 7.11. The van der Waals surface area contributed by atoms with Crippen LogP contribution in [0.2, 0.25) is 0 Å². The molecule has 2 N–H and O–H groups in total. The van der Waals surface area contributed by atoms with Gasteiger partial charge < -0.3 is 9.97 Å². The maximum absolute atomic E-state index is 5.28. The lowest BCUT2D eigenvalue weighted by atomic mass is 9.99. The van der Waals surface area contributed by atoms with Gasteiger partial charge in [-0.1, -0.05) is 27.7 Å². The van der Waals surface area contributed by atoms with Crippen LogP contribution in [0.4, 0.5) is 0 Å². The lowest BCUT2D eigenvalue weighted by molar-refractivity contribution is 1.14. The molecule has 4 aromatic heterocycles. The van der Waals surface area contributed by atoms with Crippen molar-refractivity contribution in [1.29, 1.82) is 0 Å². The molecule has 0 unspecified atom stereocenters. The summed E-state index contributed by atoms with van der Waals surface area (Å²) in [6.45, 7) is 17.8. The highest BCUT2D eigenvalue weighted by Gasteiger charge is 2.24. The predicted molar refractivity (Wildman–Crippen MR) is 179 cm³/mol. The summed E-state index contributed by atoms with van der Waals surface area (Å²) in [7, 11) is 0. The highest BCUT2D eigenvalue weighted by atomic mass is 32.1. The monoisotopic (exact) mass is 560 g/mol. The molecular formula is C36H40N4S. The Morgan fingerprint density at radius 3 is 1.34 bits per heavy atom. The fourth-order valence-electron chi connectivity index (χ4n) is 6.69. The second kappa shape index (κ2) is 10.6. The van der Waals surface area contributed by atoms with Gasteiger partial charge in [-0.3, -0.25) is 0 Å². The van der Waals surface area contributed by atoms with Crippen LogP contribution < -0.4 is 0 Å². The third kappa shape index (κ3) is 4.51. The van der Waals surface area contributed by atoms with Crippen LogP contribution in [0.15, 0.2) is 36.4 Å². The molecule has 2 aliphatic rings. The van der Waals surface area contributed by atoms with E-state index in [4.69, 9.17) is 9.97 Å². The summed E-state index contributed by atoms with van der Waals surface area (Å²) < 4.78 is 2.49. The summed E-state index contributed by atoms with van der Waals surface area (Å²) in [5.74, 6) is 0. The van der Waals surface area contributed by atoms with Crippen LogP contribution in [0.5, 0.6) is 0 Å². The van der Waals surface area contributed by atoms with Gasteiger partial charge in [-0.25, -0.2) is 9.97 Å². The molecule has 210 valence electrons. The molecule has 0 atom stereocenters. The first-order chi connectivity index (χ1) is 19.8. The summed E-state index contributed by atoms with van der Waals surface area (Å²) in [6.07, 6.45) is 3.80. The summed E-state index contributed by atoms with van der Waals surface area (Å²) in [5.41, 5.74) is 19.2. The third-order valence-electron chi connectivity index (χ3n) is 9.02. The van der Waals surface area contributed by atoms with E-state index < -0.39 is 0 Å². The Hall–Kier alpha value is -3.70. The van der Waals surface area contributed by atoms with E-state index in [1.807, 2.05) is 11.3 Å². The number of rotatable bonds is 4. The van der Waals surface area contributed by atoms with Crippen LogP contribution >= 0.6 is 11.3 Å². The maximum atomic E-state index is 5.28. The Bertz CT molecular complexity index is 1830. The molecule has 10 bridgehead atoms. The van der Waals surface area contributed by atoms with Crippen molar-refractivity contribution in [2.45, 2.75) is 81.1 Å². The Balaban J connectivity index is 1.81. The van der Waals surface area contributed by atoms with E-state index in [0.29, 0.717) is 0 Å². The second-order valence-corrected chi connectivity index (χ2v) is 12.4. The van der Waals surface area contributed by atoms with Crippen molar-refractivity contribution in [2.24, 2.45) is 0 Å². The molecule has 6 heterocycles. The van der Waals surface area contributed by atoms with Crippen molar-refractivity contribution in [3.63, 3.8) is 0 Å². The van der Waals surface area contributed by atoms with Crippen molar-refractivity contribution in [3.05, 3.63) is 81.4 Å². The minimum atomic E-state index is 0.934. The van der Waals surface area contributed by atoms with Crippen LogP contribution in [0.3, 0.4) is 0 Å². The van der Waals surface area contributed by atoms with E-state index in [2.05, 4.69) is 102 Å². The molecule has 0 radical (unpaired) electrons. The van der Waals surface area contributed by atoms with Gasteiger partial charge in [0.25, 0.3) is 0 Å². The topological polar surface area (TPSA) is 57.4 Å². The number of aromatic nitrogens is 4. The maximum Gasteiger partial charge on any atom is 0.0929 e. The number of H-pyrrole nitrogens is 2. The van der Waals surface area contributed by atoms with Crippen molar-refractivity contribution >= 4 is 65.1 Å². The summed E-state index contributed by atoms with van der Waals surface area (Å²) in [6, 6.07) is 13.6. The van der Waals surface area contributed by atoms with Crippen molar-refractivity contribution in [2.75, 3.05) is 0 Å². The van der Waals surface area contributed by atoms with Gasteiger partial charge in [-0.15, -0.1) is 11.3 Å². The normalized spacial score (nSPS) is 13.6. The largest absolute Gasteiger partial charge is 0.355 e. The number of nitrogens with one attached hydrogen (secondary N) is 2. The van der Waals surface area contributed by atoms with Crippen LogP contribution in [-0.2, 0) is 12.8 Å². The second-order valence-electron chi connectivity index (χ2n) is 11.2. The van der Waals surface area contributed by atoms with Crippen molar-refractivity contribution < 1.29 is 0 Å². The lowest BCUT2D eigenvalue weighted by Crippen LogP contribution is -1.88. The van der Waals surface area contributed by atoms with Crippen molar-refractivity contribution in [1.82, 2.24) is 19.9 Å². The first-order valence-electron chi connectivity index (χ1n) is 15.0. The molecule has 0 amide bonds. The quantitative estimate of drug-likeness (QED) is 0.261. The third-order valence-corrected chi connectivity index (χ3v) is 10.0. The molecular weight excluding hydrogens is 520 g/mol. The van der Waals surface area contributed by atoms with Crippen LogP contribution in [-0.4, -0.2) is 19.9 Å². The fraction of sp³-hybridized carbons (Fsp3) is 0.333. The van der Waals surface area contributed by atoms with E-state index in [-0.39, 0.29) is 0 Å². The highest BCUT2D eigenvalue weighted by molar-refractivity contribution is 7.23. The van der Waals surface area contributed by atoms with Crippen molar-refractivity contribution in [3.8, 4) is 0 Å². The fourth-order valence-corrected chi connectivity index (χ4v) is 7.59. The number of hydrogen-bond acceptors (Lipinski definition) is 3. The standard InChI is InChI=1S/C36H40N4S/c1-9-25-19(5)29-15-23-13-14-24(41-23)16-30-20(6)26(10-2)32(38-30)18-34-28(12-4)22(8)36(40-34)35-21(7)27(11-3)33(39-35)17-31(25)37-29/h13-18,37-38H,9-12H2,1-8H3. The lowest BCUT2D eigenvalue weighted by Gasteiger charge is -2.02. The number of thiophene rings is 1. The van der Waals surface area contributed by atoms with E-state index in [1.54, 1.807) is 0 Å².